The predicted octanol–water partition coefficient (Wildman–Crippen LogP) is 3.34. The maximum Gasteiger partial charge on any atom is 0.309 e. The molecule has 0 saturated carbocycles. The number of rotatable bonds is 3. The molecule has 4 nitrogen and oxygen atoms in total. The summed E-state index contributed by atoms with van der Waals surface area (Å²) >= 11 is 7.29. The van der Waals surface area contributed by atoms with E-state index in [4.69, 9.17) is 16.7 Å². The lowest BCUT2D eigenvalue weighted by molar-refractivity contribution is -0.136. The maximum absolute atomic E-state index is 10.8. The van der Waals surface area contributed by atoms with E-state index >= 15 is 0 Å². The molecule has 0 amide bonds. The summed E-state index contributed by atoms with van der Waals surface area (Å²) in [5.74, 6) is -0.846. The normalized spacial score (nSPS) is 11.0. The van der Waals surface area contributed by atoms with Crippen LogP contribution in [-0.2, 0) is 11.2 Å². The van der Waals surface area contributed by atoms with Crippen LogP contribution in [-0.4, -0.2) is 20.5 Å². The third-order valence-corrected chi connectivity index (χ3v) is 3.90. The molecular weight excluding hydrogens is 284 g/mol. The van der Waals surface area contributed by atoms with Gasteiger partial charge in [0.15, 0.2) is 4.96 Å². The van der Waals surface area contributed by atoms with E-state index in [1.165, 1.54) is 11.3 Å². The summed E-state index contributed by atoms with van der Waals surface area (Å²) in [6.07, 6.45) is 1.85. The third-order valence-electron chi connectivity index (χ3n) is 2.76. The molecule has 0 spiro atoms. The van der Waals surface area contributed by atoms with Crippen molar-refractivity contribution in [3.05, 3.63) is 46.6 Å². The van der Waals surface area contributed by atoms with Crippen molar-refractivity contribution in [1.82, 2.24) is 9.38 Å². The molecule has 19 heavy (non-hydrogen) atoms. The van der Waals surface area contributed by atoms with Crippen LogP contribution in [0.5, 0.6) is 0 Å². The zero-order valence-electron chi connectivity index (χ0n) is 9.71. The van der Waals surface area contributed by atoms with Crippen molar-refractivity contribution in [2.75, 3.05) is 0 Å². The molecule has 3 rings (SSSR count). The second-order valence-electron chi connectivity index (χ2n) is 4.08. The molecule has 2 aromatic heterocycles. The molecule has 3 aromatic rings. The molecule has 0 bridgehead atoms. The van der Waals surface area contributed by atoms with Crippen molar-refractivity contribution in [2.45, 2.75) is 6.42 Å². The Morgan fingerprint density at radius 1 is 1.37 bits per heavy atom. The number of aliphatic carboxylic acids is 1. The fourth-order valence-electron chi connectivity index (χ4n) is 1.87. The van der Waals surface area contributed by atoms with Gasteiger partial charge in [-0.15, -0.1) is 11.3 Å². The van der Waals surface area contributed by atoms with Gasteiger partial charge < -0.3 is 5.11 Å². The molecule has 0 aliphatic carbocycles. The Hall–Kier alpha value is -1.85. The molecule has 1 N–H and O–H groups in total. The first-order chi connectivity index (χ1) is 9.13. The standard InChI is InChI=1S/C13H9ClN2O2S/c14-9-3-1-8(2-4-9)11-6-16-10(5-12(17)18)7-19-13(16)15-11/h1-4,6-7H,5H2,(H,17,18). The quantitative estimate of drug-likeness (QED) is 0.805. The van der Waals surface area contributed by atoms with E-state index in [1.54, 1.807) is 0 Å². The van der Waals surface area contributed by atoms with E-state index in [2.05, 4.69) is 4.98 Å². The van der Waals surface area contributed by atoms with Crippen molar-refractivity contribution < 1.29 is 9.90 Å². The summed E-state index contributed by atoms with van der Waals surface area (Å²) in [4.78, 5) is 16.1. The van der Waals surface area contributed by atoms with Crippen molar-refractivity contribution in [2.24, 2.45) is 0 Å². The molecule has 0 aliphatic heterocycles. The van der Waals surface area contributed by atoms with Gasteiger partial charge in [0.1, 0.15) is 0 Å². The molecule has 0 fully saturated rings. The van der Waals surface area contributed by atoms with Crippen LogP contribution in [0.25, 0.3) is 16.2 Å². The number of imidazole rings is 1. The van der Waals surface area contributed by atoms with Gasteiger partial charge in [0.05, 0.1) is 12.1 Å². The highest BCUT2D eigenvalue weighted by atomic mass is 35.5. The number of benzene rings is 1. The number of hydrogen-bond donors (Lipinski definition) is 1. The van der Waals surface area contributed by atoms with E-state index in [0.29, 0.717) is 5.02 Å². The largest absolute Gasteiger partial charge is 0.481 e. The Morgan fingerprint density at radius 2 is 2.11 bits per heavy atom. The van der Waals surface area contributed by atoms with Gasteiger partial charge >= 0.3 is 5.97 Å². The number of aromatic nitrogens is 2. The Morgan fingerprint density at radius 3 is 2.79 bits per heavy atom. The van der Waals surface area contributed by atoms with Crippen molar-refractivity contribution >= 4 is 33.9 Å². The molecule has 6 heteroatoms. The second-order valence-corrected chi connectivity index (χ2v) is 5.36. The maximum atomic E-state index is 10.8. The van der Waals surface area contributed by atoms with E-state index in [0.717, 1.165) is 21.9 Å². The zero-order valence-corrected chi connectivity index (χ0v) is 11.3. The topological polar surface area (TPSA) is 54.6 Å². The first kappa shape index (κ1) is 12.2. The van der Waals surface area contributed by atoms with E-state index in [-0.39, 0.29) is 6.42 Å². The molecular formula is C13H9ClN2O2S. The van der Waals surface area contributed by atoms with Crippen LogP contribution in [0.1, 0.15) is 5.69 Å². The fourth-order valence-corrected chi connectivity index (χ4v) is 2.87. The number of carboxylic acid groups (broad SMARTS) is 1. The van der Waals surface area contributed by atoms with Gasteiger partial charge in [-0.25, -0.2) is 4.98 Å². The number of halogens is 1. The molecule has 0 saturated heterocycles. The summed E-state index contributed by atoms with van der Waals surface area (Å²) in [7, 11) is 0. The summed E-state index contributed by atoms with van der Waals surface area (Å²) in [5.41, 5.74) is 2.51. The Labute approximate surface area is 117 Å². The van der Waals surface area contributed by atoms with Crippen LogP contribution in [0.15, 0.2) is 35.8 Å². The van der Waals surface area contributed by atoms with Crippen molar-refractivity contribution in [1.29, 1.82) is 0 Å². The summed E-state index contributed by atoms with van der Waals surface area (Å²) in [6.45, 7) is 0. The molecule has 1 aromatic carbocycles. The third kappa shape index (κ3) is 2.34. The van der Waals surface area contributed by atoms with Gasteiger partial charge in [0.2, 0.25) is 0 Å². The van der Waals surface area contributed by atoms with Gasteiger partial charge in [-0.2, -0.15) is 0 Å². The number of nitrogens with zero attached hydrogens (tertiary/aromatic N) is 2. The van der Waals surface area contributed by atoms with E-state index in [1.807, 2.05) is 40.2 Å². The average molecular weight is 293 g/mol. The van der Waals surface area contributed by atoms with Gasteiger partial charge in [0.25, 0.3) is 0 Å². The second kappa shape index (κ2) is 4.68. The molecule has 0 atom stereocenters. The summed E-state index contributed by atoms with van der Waals surface area (Å²) in [6, 6.07) is 7.41. The van der Waals surface area contributed by atoms with Gasteiger partial charge in [-0.3, -0.25) is 9.20 Å². The SMILES string of the molecule is O=C(O)Cc1csc2nc(-c3ccc(Cl)cc3)cn12. The number of hydrogen-bond acceptors (Lipinski definition) is 3. The van der Waals surface area contributed by atoms with Crippen LogP contribution in [0.4, 0.5) is 0 Å². The smallest absolute Gasteiger partial charge is 0.309 e. The fraction of sp³-hybridized carbons (Fsp3) is 0.0769. The predicted molar refractivity (Wildman–Crippen MR) is 74.9 cm³/mol. The molecule has 0 unspecified atom stereocenters. The van der Waals surface area contributed by atoms with Gasteiger partial charge in [-0.1, -0.05) is 23.7 Å². The van der Waals surface area contributed by atoms with Crippen molar-refractivity contribution in [3.8, 4) is 11.3 Å². The minimum absolute atomic E-state index is 0.00355. The van der Waals surface area contributed by atoms with Crippen LogP contribution in [0, 0.1) is 0 Å². The Bertz CT molecular complexity index is 746. The summed E-state index contributed by atoms with van der Waals surface area (Å²) in [5, 5.41) is 11.4. The summed E-state index contributed by atoms with van der Waals surface area (Å²) < 4.78 is 1.82. The minimum Gasteiger partial charge on any atom is -0.481 e. The number of carboxylic acids is 1. The lowest BCUT2D eigenvalue weighted by Crippen LogP contribution is -2.02. The van der Waals surface area contributed by atoms with Gasteiger partial charge in [-0.05, 0) is 12.1 Å². The van der Waals surface area contributed by atoms with Gasteiger partial charge in [0, 0.05) is 27.9 Å². The molecule has 0 aliphatic rings. The van der Waals surface area contributed by atoms with E-state index < -0.39 is 5.97 Å². The average Bonchev–Trinajstić information content (AvgIpc) is 2.92. The highest BCUT2D eigenvalue weighted by Gasteiger charge is 2.11. The zero-order chi connectivity index (χ0) is 13.4. The Kier molecular flexibility index (Phi) is 3.00. The first-order valence-corrected chi connectivity index (χ1v) is 6.82. The van der Waals surface area contributed by atoms with Crippen LogP contribution < -0.4 is 0 Å². The molecule has 96 valence electrons. The van der Waals surface area contributed by atoms with Crippen LogP contribution in [0.2, 0.25) is 5.02 Å². The Balaban J connectivity index is 2.04. The van der Waals surface area contributed by atoms with E-state index in [9.17, 15) is 4.79 Å². The lowest BCUT2D eigenvalue weighted by atomic mass is 10.2. The number of carbonyl (C=O) groups is 1. The van der Waals surface area contributed by atoms with Crippen molar-refractivity contribution in [3.63, 3.8) is 0 Å². The minimum atomic E-state index is -0.846. The highest BCUT2D eigenvalue weighted by Crippen LogP contribution is 2.25. The van der Waals surface area contributed by atoms with Crippen LogP contribution >= 0.6 is 22.9 Å². The number of fused-ring (bicyclic) bond motifs is 1. The number of thiazole rings is 1. The highest BCUT2D eigenvalue weighted by molar-refractivity contribution is 7.15. The molecule has 2 heterocycles. The first-order valence-electron chi connectivity index (χ1n) is 5.56. The monoisotopic (exact) mass is 292 g/mol. The van der Waals surface area contributed by atoms with Crippen LogP contribution in [0.3, 0.4) is 0 Å². The lowest BCUT2D eigenvalue weighted by Gasteiger charge is -1.96. The molecule has 0 radical (unpaired) electrons.